The summed E-state index contributed by atoms with van der Waals surface area (Å²) in [5.41, 5.74) is 9.68. The number of methoxy groups -OCH3 is 1. The number of aryl methyl sites for hydroxylation is 1. The molecule has 2 aliphatic rings. The minimum absolute atomic E-state index is 0.112. The normalized spacial score (nSPS) is 23.2. The van der Waals surface area contributed by atoms with Gasteiger partial charge in [-0.05, 0) is 48.5 Å². The number of carbonyl (C=O) groups is 2. The Morgan fingerprint density at radius 2 is 2.26 bits per heavy atom. The zero-order valence-corrected chi connectivity index (χ0v) is 12.8. The van der Waals surface area contributed by atoms with Crippen molar-refractivity contribution < 1.29 is 14.3 Å². The van der Waals surface area contributed by atoms with Crippen molar-refractivity contribution in [3.8, 4) is 0 Å². The number of fused-ring (bicyclic) bond motifs is 2. The third-order valence-electron chi connectivity index (χ3n) is 4.55. The molecular formula is C15H17N5O3. The number of rotatable bonds is 2. The number of hydrogen-bond acceptors (Lipinski definition) is 5. The predicted molar refractivity (Wildman–Crippen MR) is 80.9 cm³/mol. The lowest BCUT2D eigenvalue weighted by Gasteiger charge is -2.37. The number of amides is 1. The van der Waals surface area contributed by atoms with Gasteiger partial charge in [0.25, 0.3) is 5.91 Å². The molecule has 0 saturated carbocycles. The van der Waals surface area contributed by atoms with Gasteiger partial charge < -0.3 is 9.64 Å². The summed E-state index contributed by atoms with van der Waals surface area (Å²) in [5.74, 6) is -0.378. The van der Waals surface area contributed by atoms with Crippen LogP contribution in [0, 0.1) is 5.92 Å². The van der Waals surface area contributed by atoms with Crippen molar-refractivity contribution in [3.63, 3.8) is 0 Å². The lowest BCUT2D eigenvalue weighted by atomic mass is 9.91. The Labute approximate surface area is 133 Å². The van der Waals surface area contributed by atoms with Gasteiger partial charge in [0.15, 0.2) is 0 Å². The van der Waals surface area contributed by atoms with Crippen molar-refractivity contribution in [2.24, 2.45) is 11.0 Å². The van der Waals surface area contributed by atoms with Gasteiger partial charge in [-0.2, -0.15) is 0 Å². The molecule has 0 bridgehead atoms. The van der Waals surface area contributed by atoms with Crippen LogP contribution in [-0.4, -0.2) is 41.5 Å². The second-order valence-corrected chi connectivity index (χ2v) is 5.80. The molecule has 1 saturated heterocycles. The molecule has 3 heterocycles. The van der Waals surface area contributed by atoms with Gasteiger partial charge in [0.2, 0.25) is 0 Å². The van der Waals surface area contributed by atoms with Gasteiger partial charge in [0.1, 0.15) is 5.82 Å². The number of azide groups is 1. The number of piperidine rings is 1. The van der Waals surface area contributed by atoms with Gasteiger partial charge in [-0.15, -0.1) is 0 Å². The third-order valence-corrected chi connectivity index (χ3v) is 4.55. The molecule has 23 heavy (non-hydrogen) atoms. The number of pyridine rings is 1. The molecule has 0 radical (unpaired) electrons. The minimum atomic E-state index is -0.267. The third kappa shape index (κ3) is 2.85. The first-order chi connectivity index (χ1) is 11.1. The molecule has 0 unspecified atom stereocenters. The highest BCUT2D eigenvalue weighted by atomic mass is 16.5. The molecule has 0 aliphatic carbocycles. The fourth-order valence-corrected chi connectivity index (χ4v) is 3.37. The standard InChI is InChI=1S/C15H17N5O3/c1-23-15(22)9-2-3-10-4-6-12-11(14(21)20(10)8-9)5-7-13(17-12)18-19-16/h5,7,9-10H,2-4,6,8H2,1H3/t9-,10+/m1/s1. The van der Waals surface area contributed by atoms with Gasteiger partial charge in [-0.1, -0.05) is 0 Å². The number of aromatic nitrogens is 1. The van der Waals surface area contributed by atoms with Crippen LogP contribution >= 0.6 is 0 Å². The topological polar surface area (TPSA) is 108 Å². The second-order valence-electron chi connectivity index (χ2n) is 5.80. The maximum atomic E-state index is 12.8. The van der Waals surface area contributed by atoms with Crippen LogP contribution in [0.2, 0.25) is 0 Å². The van der Waals surface area contributed by atoms with Crippen LogP contribution in [-0.2, 0) is 16.0 Å². The lowest BCUT2D eigenvalue weighted by Crippen LogP contribution is -2.48. The highest BCUT2D eigenvalue weighted by Crippen LogP contribution is 2.31. The summed E-state index contributed by atoms with van der Waals surface area (Å²) in [6.07, 6.45) is 2.96. The van der Waals surface area contributed by atoms with E-state index in [1.165, 1.54) is 7.11 Å². The van der Waals surface area contributed by atoms with Crippen LogP contribution in [0.15, 0.2) is 17.2 Å². The first-order valence-corrected chi connectivity index (χ1v) is 7.58. The summed E-state index contributed by atoms with van der Waals surface area (Å²) in [4.78, 5) is 33.4. The zero-order valence-electron chi connectivity index (χ0n) is 12.8. The van der Waals surface area contributed by atoms with Gasteiger partial charge in [0.05, 0.1) is 24.3 Å². The van der Waals surface area contributed by atoms with E-state index in [1.54, 1.807) is 17.0 Å². The van der Waals surface area contributed by atoms with E-state index in [2.05, 4.69) is 15.0 Å². The van der Waals surface area contributed by atoms with Crippen LogP contribution in [0.5, 0.6) is 0 Å². The average molecular weight is 315 g/mol. The summed E-state index contributed by atoms with van der Waals surface area (Å²) >= 11 is 0. The second kappa shape index (κ2) is 6.26. The molecule has 120 valence electrons. The van der Waals surface area contributed by atoms with Crippen molar-refractivity contribution in [2.75, 3.05) is 13.7 Å². The Bertz CT molecular complexity index is 698. The van der Waals surface area contributed by atoms with Crippen LogP contribution in [0.3, 0.4) is 0 Å². The van der Waals surface area contributed by atoms with Crippen LogP contribution < -0.4 is 0 Å². The minimum Gasteiger partial charge on any atom is -0.469 e. The smallest absolute Gasteiger partial charge is 0.310 e. The largest absolute Gasteiger partial charge is 0.469 e. The summed E-state index contributed by atoms with van der Waals surface area (Å²) in [6.45, 7) is 0.383. The Morgan fingerprint density at radius 3 is 3.00 bits per heavy atom. The molecule has 1 aromatic rings. The summed E-state index contributed by atoms with van der Waals surface area (Å²) < 4.78 is 4.81. The summed E-state index contributed by atoms with van der Waals surface area (Å²) in [7, 11) is 1.37. The molecule has 2 atom stereocenters. The fraction of sp³-hybridized carbons (Fsp3) is 0.533. The SMILES string of the molecule is COC(=O)[C@@H]1CC[C@H]2CCc3nc(N=[N+]=[N-])ccc3C(=O)N2C1. The molecule has 1 amide bonds. The molecule has 0 N–H and O–H groups in total. The van der Waals surface area contributed by atoms with Crippen molar-refractivity contribution in [3.05, 3.63) is 33.8 Å². The van der Waals surface area contributed by atoms with E-state index in [0.29, 0.717) is 24.2 Å². The van der Waals surface area contributed by atoms with Crippen LogP contribution in [0.25, 0.3) is 10.4 Å². The van der Waals surface area contributed by atoms with Crippen molar-refractivity contribution in [1.29, 1.82) is 0 Å². The van der Waals surface area contributed by atoms with Crippen LogP contribution in [0.1, 0.15) is 35.3 Å². The molecule has 0 spiro atoms. The number of ether oxygens (including phenoxy) is 1. The van der Waals surface area contributed by atoms with E-state index >= 15 is 0 Å². The van der Waals surface area contributed by atoms with Crippen molar-refractivity contribution >= 4 is 17.7 Å². The molecule has 3 rings (SSSR count). The Morgan fingerprint density at radius 1 is 1.43 bits per heavy atom. The van der Waals surface area contributed by atoms with E-state index in [4.69, 9.17) is 10.3 Å². The molecule has 2 aliphatic heterocycles. The average Bonchev–Trinajstić information content (AvgIpc) is 2.71. The first kappa shape index (κ1) is 15.3. The number of nitrogens with zero attached hydrogens (tertiary/aromatic N) is 5. The van der Waals surface area contributed by atoms with E-state index in [-0.39, 0.29) is 29.7 Å². The van der Waals surface area contributed by atoms with Crippen molar-refractivity contribution in [1.82, 2.24) is 9.88 Å². The molecular weight excluding hydrogens is 298 g/mol. The Balaban J connectivity index is 1.90. The lowest BCUT2D eigenvalue weighted by molar-refractivity contribution is -0.147. The van der Waals surface area contributed by atoms with Gasteiger partial charge >= 0.3 is 5.97 Å². The Kier molecular flexibility index (Phi) is 4.16. The number of hydrogen-bond donors (Lipinski definition) is 0. The number of carbonyl (C=O) groups excluding carboxylic acids is 2. The van der Waals surface area contributed by atoms with E-state index < -0.39 is 0 Å². The molecule has 8 nitrogen and oxygen atoms in total. The van der Waals surface area contributed by atoms with Crippen molar-refractivity contribution in [2.45, 2.75) is 31.7 Å². The maximum absolute atomic E-state index is 12.8. The fourth-order valence-electron chi connectivity index (χ4n) is 3.37. The summed E-state index contributed by atoms with van der Waals surface area (Å²) in [6, 6.07) is 3.30. The van der Waals surface area contributed by atoms with Gasteiger partial charge in [-0.25, -0.2) is 0 Å². The monoisotopic (exact) mass is 315 g/mol. The molecule has 8 heteroatoms. The van der Waals surface area contributed by atoms with E-state index in [0.717, 1.165) is 19.3 Å². The van der Waals surface area contributed by atoms with Crippen LogP contribution in [0.4, 0.5) is 5.82 Å². The molecule has 1 fully saturated rings. The Hall–Kier alpha value is -2.60. The molecule has 0 aromatic carbocycles. The zero-order chi connectivity index (χ0) is 16.4. The summed E-state index contributed by atoms with van der Waals surface area (Å²) in [5, 5.41) is 3.49. The van der Waals surface area contributed by atoms with Gasteiger partial charge in [0, 0.05) is 17.5 Å². The van der Waals surface area contributed by atoms with E-state index in [9.17, 15) is 9.59 Å². The maximum Gasteiger partial charge on any atom is 0.310 e. The first-order valence-electron chi connectivity index (χ1n) is 7.58. The quantitative estimate of drug-likeness (QED) is 0.361. The van der Waals surface area contributed by atoms with E-state index in [1.807, 2.05) is 0 Å². The predicted octanol–water partition coefficient (Wildman–Crippen LogP) is 2.36. The highest BCUT2D eigenvalue weighted by Gasteiger charge is 2.38. The highest BCUT2D eigenvalue weighted by molar-refractivity contribution is 5.96. The molecule has 1 aromatic heterocycles. The van der Waals surface area contributed by atoms with Gasteiger partial charge in [-0.3, -0.25) is 14.6 Å². The number of esters is 1.